The van der Waals surface area contributed by atoms with Crippen LogP contribution < -0.4 is 5.32 Å². The number of halogens is 4. The Morgan fingerprint density at radius 2 is 2.12 bits per heavy atom. The van der Waals surface area contributed by atoms with E-state index in [0.29, 0.717) is 13.0 Å². The van der Waals surface area contributed by atoms with Crippen molar-refractivity contribution in [1.82, 2.24) is 15.1 Å². The minimum atomic E-state index is -4.58. The first-order chi connectivity index (χ1) is 7.79. The van der Waals surface area contributed by atoms with Gasteiger partial charge in [0.1, 0.15) is 5.69 Å². The molecule has 0 fully saturated rings. The molecule has 0 aromatic carbocycles. The second kappa shape index (κ2) is 5.07. The maximum absolute atomic E-state index is 12.5. The number of aromatic nitrogens is 2. The Bertz CT molecular complexity index is 428. The summed E-state index contributed by atoms with van der Waals surface area (Å²) < 4.78 is 38.1. The molecule has 0 aliphatic heterocycles. The Kier molecular flexibility index (Phi) is 4.18. The molecule has 0 atom stereocenters. The zero-order valence-corrected chi connectivity index (χ0v) is 10.8. The number of rotatable bonds is 3. The van der Waals surface area contributed by atoms with Crippen molar-refractivity contribution in [1.29, 1.82) is 0 Å². The second-order valence-electron chi connectivity index (χ2n) is 3.39. The summed E-state index contributed by atoms with van der Waals surface area (Å²) in [6, 6.07) is 0. The smallest absolute Gasteiger partial charge is 0.351 e. The van der Waals surface area contributed by atoms with Crippen LogP contribution in [0.1, 0.15) is 29.5 Å². The molecule has 0 bridgehead atoms. The molecule has 0 saturated carbocycles. The van der Waals surface area contributed by atoms with Gasteiger partial charge in [0.05, 0.1) is 4.47 Å². The molecule has 1 heterocycles. The predicted octanol–water partition coefficient (Wildman–Crippen LogP) is 2.34. The minimum absolute atomic E-state index is 0.134. The van der Waals surface area contributed by atoms with Crippen molar-refractivity contribution in [2.45, 2.75) is 19.5 Å². The van der Waals surface area contributed by atoms with E-state index in [9.17, 15) is 18.0 Å². The third-order valence-corrected chi connectivity index (χ3v) is 2.76. The van der Waals surface area contributed by atoms with E-state index < -0.39 is 17.8 Å². The first kappa shape index (κ1) is 14.0. The van der Waals surface area contributed by atoms with E-state index in [1.807, 2.05) is 6.92 Å². The number of amides is 1. The zero-order valence-electron chi connectivity index (χ0n) is 9.23. The summed E-state index contributed by atoms with van der Waals surface area (Å²) in [4.78, 5) is 11.6. The van der Waals surface area contributed by atoms with Crippen molar-refractivity contribution in [2.24, 2.45) is 7.05 Å². The van der Waals surface area contributed by atoms with Crippen LogP contribution in [-0.2, 0) is 13.2 Å². The van der Waals surface area contributed by atoms with Gasteiger partial charge in [-0.25, -0.2) is 0 Å². The average molecular weight is 314 g/mol. The molecular weight excluding hydrogens is 303 g/mol. The predicted molar refractivity (Wildman–Crippen MR) is 58.5 cm³/mol. The molecule has 1 aromatic rings. The number of carbonyl (C=O) groups excluding carboxylic acids is 1. The van der Waals surface area contributed by atoms with E-state index in [2.05, 4.69) is 26.3 Å². The van der Waals surface area contributed by atoms with Crippen molar-refractivity contribution < 1.29 is 18.0 Å². The van der Waals surface area contributed by atoms with Crippen molar-refractivity contribution in [2.75, 3.05) is 6.54 Å². The first-order valence-electron chi connectivity index (χ1n) is 4.87. The molecule has 1 N–H and O–H groups in total. The third kappa shape index (κ3) is 2.99. The van der Waals surface area contributed by atoms with Crippen LogP contribution in [0, 0.1) is 0 Å². The highest BCUT2D eigenvalue weighted by molar-refractivity contribution is 9.10. The summed E-state index contributed by atoms with van der Waals surface area (Å²) in [5.41, 5.74) is -1.23. The van der Waals surface area contributed by atoms with Crippen LogP contribution in [0.3, 0.4) is 0 Å². The van der Waals surface area contributed by atoms with Gasteiger partial charge in [0, 0.05) is 13.6 Å². The maximum atomic E-state index is 12.5. The average Bonchev–Trinajstić information content (AvgIpc) is 2.50. The van der Waals surface area contributed by atoms with Crippen LogP contribution in [0.15, 0.2) is 4.47 Å². The normalized spacial score (nSPS) is 11.6. The van der Waals surface area contributed by atoms with Crippen molar-refractivity contribution in [3.05, 3.63) is 15.9 Å². The van der Waals surface area contributed by atoms with Gasteiger partial charge in [-0.05, 0) is 22.4 Å². The number of hydrogen-bond acceptors (Lipinski definition) is 2. The van der Waals surface area contributed by atoms with Crippen LogP contribution in [0.4, 0.5) is 13.2 Å². The Morgan fingerprint density at radius 3 is 2.53 bits per heavy atom. The highest BCUT2D eigenvalue weighted by atomic mass is 79.9. The van der Waals surface area contributed by atoms with Crippen LogP contribution in [-0.4, -0.2) is 22.2 Å². The molecule has 96 valence electrons. The van der Waals surface area contributed by atoms with Gasteiger partial charge in [-0.1, -0.05) is 6.92 Å². The molecule has 0 aliphatic rings. The quantitative estimate of drug-likeness (QED) is 0.931. The van der Waals surface area contributed by atoms with Crippen LogP contribution in [0.2, 0.25) is 0 Å². The first-order valence-corrected chi connectivity index (χ1v) is 5.66. The molecule has 0 saturated heterocycles. The van der Waals surface area contributed by atoms with Crippen LogP contribution in [0.5, 0.6) is 0 Å². The maximum Gasteiger partial charge on any atom is 0.436 e. The molecule has 0 spiro atoms. The number of aryl methyl sites for hydroxylation is 1. The van der Waals surface area contributed by atoms with Crippen LogP contribution in [0.25, 0.3) is 0 Å². The Balaban J connectivity index is 3.10. The number of alkyl halides is 3. The molecule has 17 heavy (non-hydrogen) atoms. The topological polar surface area (TPSA) is 46.9 Å². The summed E-state index contributed by atoms with van der Waals surface area (Å²) >= 11 is 2.77. The number of nitrogens with zero attached hydrogens (tertiary/aromatic N) is 2. The number of hydrogen-bond donors (Lipinski definition) is 1. The van der Waals surface area contributed by atoms with Gasteiger partial charge in [-0.2, -0.15) is 18.3 Å². The molecule has 8 heteroatoms. The molecule has 0 radical (unpaired) electrons. The Morgan fingerprint density at radius 1 is 1.53 bits per heavy atom. The highest BCUT2D eigenvalue weighted by Crippen LogP contribution is 2.35. The van der Waals surface area contributed by atoms with Crippen LogP contribution >= 0.6 is 15.9 Å². The molecule has 0 aliphatic carbocycles. The van der Waals surface area contributed by atoms with Crippen molar-refractivity contribution in [3.8, 4) is 0 Å². The lowest BCUT2D eigenvalue weighted by Crippen LogP contribution is -2.26. The van der Waals surface area contributed by atoms with Crippen molar-refractivity contribution in [3.63, 3.8) is 0 Å². The summed E-state index contributed by atoms with van der Waals surface area (Å²) in [5.74, 6) is -0.579. The molecule has 1 amide bonds. The highest BCUT2D eigenvalue weighted by Gasteiger charge is 2.39. The van der Waals surface area contributed by atoms with Gasteiger partial charge in [0.2, 0.25) is 0 Å². The van der Waals surface area contributed by atoms with E-state index in [0.717, 1.165) is 4.68 Å². The zero-order chi connectivity index (χ0) is 13.2. The van der Waals surface area contributed by atoms with E-state index in [1.54, 1.807) is 0 Å². The van der Waals surface area contributed by atoms with E-state index >= 15 is 0 Å². The second-order valence-corrected chi connectivity index (χ2v) is 4.18. The fourth-order valence-electron chi connectivity index (χ4n) is 1.25. The molecule has 1 aromatic heterocycles. The molecule has 1 rings (SSSR count). The fraction of sp³-hybridized carbons (Fsp3) is 0.556. The number of carbonyl (C=O) groups is 1. The van der Waals surface area contributed by atoms with E-state index in [1.165, 1.54) is 7.05 Å². The lowest BCUT2D eigenvalue weighted by atomic mass is 10.3. The molecule has 4 nitrogen and oxygen atoms in total. The SMILES string of the molecule is CCCNC(=O)c1c(Br)c(C(F)(F)F)nn1C. The van der Waals surface area contributed by atoms with Gasteiger partial charge < -0.3 is 5.32 Å². The Hall–Kier alpha value is -1.05. The minimum Gasteiger partial charge on any atom is -0.351 e. The summed E-state index contributed by atoms with van der Waals surface area (Å²) in [7, 11) is 1.29. The molecule has 0 unspecified atom stereocenters. The van der Waals surface area contributed by atoms with Crippen molar-refractivity contribution >= 4 is 21.8 Å². The monoisotopic (exact) mass is 313 g/mol. The van der Waals surface area contributed by atoms with Gasteiger partial charge >= 0.3 is 6.18 Å². The lowest BCUT2D eigenvalue weighted by molar-refractivity contribution is -0.142. The van der Waals surface area contributed by atoms with Gasteiger partial charge in [-0.15, -0.1) is 0 Å². The van der Waals surface area contributed by atoms with E-state index in [4.69, 9.17) is 0 Å². The van der Waals surface area contributed by atoms with Gasteiger partial charge in [-0.3, -0.25) is 9.48 Å². The van der Waals surface area contributed by atoms with E-state index in [-0.39, 0.29) is 10.2 Å². The lowest BCUT2D eigenvalue weighted by Gasteiger charge is -2.04. The number of nitrogens with one attached hydrogen (secondary N) is 1. The molecular formula is C9H11BrF3N3O. The van der Waals surface area contributed by atoms with Gasteiger partial charge in [0.25, 0.3) is 5.91 Å². The third-order valence-electron chi connectivity index (χ3n) is 2.01. The summed E-state index contributed by atoms with van der Waals surface area (Å²) in [6.07, 6.45) is -3.88. The summed E-state index contributed by atoms with van der Waals surface area (Å²) in [5, 5.41) is 5.79. The standard InChI is InChI=1S/C9H11BrF3N3O/c1-3-4-14-8(17)6-5(10)7(9(11,12)13)15-16(6)2/h3-4H2,1-2H3,(H,14,17). The Labute approximate surface area is 104 Å². The fourth-order valence-corrected chi connectivity index (χ4v) is 1.99. The largest absolute Gasteiger partial charge is 0.436 e. The van der Waals surface area contributed by atoms with Gasteiger partial charge in [0.15, 0.2) is 5.69 Å². The summed E-state index contributed by atoms with van der Waals surface area (Å²) in [6.45, 7) is 2.25.